The average molecular weight is 690 g/mol. The number of rotatable bonds is 15. The Labute approximate surface area is 284 Å². The molecule has 2 fully saturated rings. The molecule has 0 radical (unpaired) electrons. The zero-order chi connectivity index (χ0) is 36.4. The number of benzene rings is 1. The lowest BCUT2D eigenvalue weighted by molar-refractivity contribution is -0.206. The molecule has 2 saturated heterocycles. The molecule has 0 aromatic heterocycles. The number of hydrogen-bond acceptors (Lipinski definition) is 15. The van der Waals surface area contributed by atoms with Crippen LogP contribution in [0.25, 0.3) is 0 Å². The number of nitrogens with zero attached hydrogens (tertiary/aromatic N) is 1. The summed E-state index contributed by atoms with van der Waals surface area (Å²) in [6.45, 7) is 7.89. The summed E-state index contributed by atoms with van der Waals surface area (Å²) in [5.74, 6) is -2.83. The molecule has 268 valence electrons. The summed E-state index contributed by atoms with van der Waals surface area (Å²) in [6, 6.07) is 6.36. The largest absolute Gasteiger partial charge is 0.464 e. The van der Waals surface area contributed by atoms with E-state index in [0.29, 0.717) is 18.5 Å². The number of carbonyl (C=O) groups excluding carboxylic acids is 6. The van der Waals surface area contributed by atoms with Crippen molar-refractivity contribution >= 4 is 41.5 Å². The lowest BCUT2D eigenvalue weighted by Crippen LogP contribution is -2.57. The van der Waals surface area contributed by atoms with E-state index >= 15 is 0 Å². The highest BCUT2D eigenvalue weighted by molar-refractivity contribution is 6.04. The summed E-state index contributed by atoms with van der Waals surface area (Å²) in [6.07, 6.45) is 2.04. The minimum Gasteiger partial charge on any atom is -0.464 e. The molecule has 1 aromatic carbocycles. The molecule has 2 heterocycles. The minimum atomic E-state index is -2.44. The third-order valence-corrected chi connectivity index (χ3v) is 7.78. The van der Waals surface area contributed by atoms with E-state index in [1.165, 1.54) is 13.8 Å². The Morgan fingerprint density at radius 3 is 2.00 bits per heavy atom. The molecular formula is C34H43NO14. The van der Waals surface area contributed by atoms with Crippen LogP contribution in [-0.2, 0) is 73.1 Å². The first kappa shape index (κ1) is 38.8. The van der Waals surface area contributed by atoms with Crippen LogP contribution in [-0.4, -0.2) is 105 Å². The van der Waals surface area contributed by atoms with Crippen LogP contribution in [0.1, 0.15) is 59.9 Å². The topological polar surface area (TPSA) is 180 Å². The molecule has 49 heavy (non-hydrogen) atoms. The van der Waals surface area contributed by atoms with Crippen molar-refractivity contribution in [3.63, 3.8) is 0 Å². The van der Waals surface area contributed by atoms with Crippen molar-refractivity contribution < 1.29 is 66.7 Å². The molecule has 5 atom stereocenters. The van der Waals surface area contributed by atoms with Crippen LogP contribution in [0.3, 0.4) is 0 Å². The van der Waals surface area contributed by atoms with E-state index in [9.17, 15) is 28.8 Å². The predicted molar refractivity (Wildman–Crippen MR) is 168 cm³/mol. The Bertz CT molecular complexity index is 1400. The second-order valence-corrected chi connectivity index (χ2v) is 11.2. The monoisotopic (exact) mass is 689 g/mol. The minimum absolute atomic E-state index is 0.128. The lowest BCUT2D eigenvalue weighted by Gasteiger charge is -2.34. The van der Waals surface area contributed by atoms with E-state index in [-0.39, 0.29) is 25.8 Å². The van der Waals surface area contributed by atoms with Gasteiger partial charge in [-0.2, -0.15) is 0 Å². The normalized spacial score (nSPS) is 23.2. The molecule has 0 amide bonds. The second kappa shape index (κ2) is 17.1. The Balaban J connectivity index is 2.03. The molecule has 2 aliphatic rings. The molecule has 15 heteroatoms. The van der Waals surface area contributed by atoms with E-state index in [4.69, 9.17) is 44.3 Å². The van der Waals surface area contributed by atoms with Crippen LogP contribution in [0.2, 0.25) is 0 Å². The predicted octanol–water partition coefficient (Wildman–Crippen LogP) is 1.80. The van der Waals surface area contributed by atoms with Crippen molar-refractivity contribution in [3.05, 3.63) is 29.8 Å². The van der Waals surface area contributed by atoms with Gasteiger partial charge in [-0.15, -0.1) is 6.42 Å². The highest BCUT2D eigenvalue weighted by atomic mass is 16.8. The van der Waals surface area contributed by atoms with Crippen LogP contribution in [0.4, 0.5) is 5.69 Å². The third kappa shape index (κ3) is 8.87. The second-order valence-electron chi connectivity index (χ2n) is 11.2. The number of ether oxygens (including phenoxy) is 8. The van der Waals surface area contributed by atoms with Gasteiger partial charge in [0.05, 0.1) is 26.4 Å². The van der Waals surface area contributed by atoms with Gasteiger partial charge >= 0.3 is 35.8 Å². The van der Waals surface area contributed by atoms with E-state index in [1.54, 1.807) is 31.2 Å². The molecule has 3 rings (SSSR count). The van der Waals surface area contributed by atoms with Gasteiger partial charge in [0.25, 0.3) is 5.60 Å². The first-order valence-corrected chi connectivity index (χ1v) is 16.0. The zero-order valence-corrected chi connectivity index (χ0v) is 28.5. The maximum atomic E-state index is 13.7. The van der Waals surface area contributed by atoms with Gasteiger partial charge in [0.15, 0.2) is 0 Å². The summed E-state index contributed by atoms with van der Waals surface area (Å²) in [5, 5.41) is 0. The van der Waals surface area contributed by atoms with E-state index < -0.39 is 78.6 Å². The van der Waals surface area contributed by atoms with Gasteiger partial charge in [0, 0.05) is 39.4 Å². The van der Waals surface area contributed by atoms with Crippen molar-refractivity contribution in [2.24, 2.45) is 0 Å². The van der Waals surface area contributed by atoms with Gasteiger partial charge in [-0.1, -0.05) is 18.1 Å². The molecule has 0 aliphatic carbocycles. The molecular weight excluding hydrogens is 646 g/mol. The highest BCUT2D eigenvalue weighted by Gasteiger charge is 2.64. The molecule has 0 N–H and O–H groups in total. The average Bonchev–Trinajstić information content (AvgIpc) is 3.63. The SMILES string of the molecule is C#C[C@@]1(OC(C)=O)[C@@H](COC(Cc2ccc(N3CCCC3C(=O)OCC)cc2)(C(=O)OCC)C(=O)OCC)OC(OC(C)=O)[C@@H]1OC(C)=O. The molecule has 2 aliphatic heterocycles. The van der Waals surface area contributed by atoms with Crippen LogP contribution < -0.4 is 4.90 Å². The molecule has 0 bridgehead atoms. The van der Waals surface area contributed by atoms with Crippen molar-refractivity contribution in [3.8, 4) is 12.3 Å². The molecule has 15 nitrogen and oxygen atoms in total. The smallest absolute Gasteiger partial charge is 0.350 e. The van der Waals surface area contributed by atoms with Gasteiger partial charge < -0.3 is 42.8 Å². The van der Waals surface area contributed by atoms with Crippen LogP contribution in [0, 0.1) is 12.3 Å². The summed E-state index contributed by atoms with van der Waals surface area (Å²) in [4.78, 5) is 78.0. The van der Waals surface area contributed by atoms with E-state index in [0.717, 1.165) is 32.9 Å². The Morgan fingerprint density at radius 1 is 0.898 bits per heavy atom. The highest BCUT2D eigenvalue weighted by Crippen LogP contribution is 2.39. The Hall–Kier alpha value is -4.68. The number of hydrogen-bond donors (Lipinski definition) is 0. The quantitative estimate of drug-likeness (QED) is 0.113. The van der Waals surface area contributed by atoms with Gasteiger partial charge in [-0.05, 0) is 51.3 Å². The molecule has 0 saturated carbocycles. The maximum absolute atomic E-state index is 13.7. The number of anilines is 1. The van der Waals surface area contributed by atoms with Gasteiger partial charge in [0.1, 0.15) is 12.1 Å². The Kier molecular flexibility index (Phi) is 13.5. The van der Waals surface area contributed by atoms with Crippen LogP contribution >= 0.6 is 0 Å². The van der Waals surface area contributed by atoms with Crippen molar-refractivity contribution in [2.45, 2.75) is 96.5 Å². The number of terminal acetylenes is 1. The first-order valence-electron chi connectivity index (χ1n) is 16.0. The third-order valence-electron chi connectivity index (χ3n) is 7.78. The first-order chi connectivity index (χ1) is 23.3. The van der Waals surface area contributed by atoms with E-state index in [1.807, 2.05) is 4.90 Å². The van der Waals surface area contributed by atoms with Gasteiger partial charge in [0.2, 0.25) is 18.0 Å². The fourth-order valence-corrected chi connectivity index (χ4v) is 5.79. The van der Waals surface area contributed by atoms with E-state index in [2.05, 4.69) is 5.92 Å². The summed E-state index contributed by atoms with van der Waals surface area (Å²) < 4.78 is 43.7. The maximum Gasteiger partial charge on any atom is 0.350 e. The van der Waals surface area contributed by atoms with Crippen molar-refractivity contribution in [1.82, 2.24) is 0 Å². The number of esters is 6. The van der Waals surface area contributed by atoms with Gasteiger partial charge in [-0.3, -0.25) is 14.4 Å². The molecule has 2 unspecified atom stereocenters. The van der Waals surface area contributed by atoms with Gasteiger partial charge in [-0.25, -0.2) is 14.4 Å². The van der Waals surface area contributed by atoms with Crippen molar-refractivity contribution in [1.29, 1.82) is 0 Å². The number of carbonyl (C=O) groups is 6. The van der Waals surface area contributed by atoms with Crippen molar-refractivity contribution in [2.75, 3.05) is 37.9 Å². The Morgan fingerprint density at radius 2 is 1.49 bits per heavy atom. The lowest BCUT2D eigenvalue weighted by atomic mass is 9.91. The zero-order valence-electron chi connectivity index (χ0n) is 28.5. The molecule has 1 aromatic rings. The molecule has 0 spiro atoms. The fourth-order valence-electron chi connectivity index (χ4n) is 5.79. The summed E-state index contributed by atoms with van der Waals surface area (Å²) >= 11 is 0. The fraction of sp³-hybridized carbons (Fsp3) is 0.588. The van der Waals surface area contributed by atoms with Crippen LogP contribution in [0.15, 0.2) is 24.3 Å². The standard InChI is InChI=1S/C34H43NO14/c1-8-33(49-23(7)38)27(48-30(47-22(6)37)28(33)46-21(5)36)20-45-34(31(40)43-10-3,32(41)44-11-4)19-24-14-16-25(17-15-24)35-18-12-13-26(35)29(39)42-9-2/h1,14-17,26-28,30H,9-13,18-20H2,2-7H3/t26?,27-,28+,30?,33-/m1/s1. The summed E-state index contributed by atoms with van der Waals surface area (Å²) in [5.41, 5.74) is -3.49. The van der Waals surface area contributed by atoms with Crippen LogP contribution in [0.5, 0.6) is 0 Å². The summed E-state index contributed by atoms with van der Waals surface area (Å²) in [7, 11) is 0.